The third-order valence-corrected chi connectivity index (χ3v) is 3.93. The Kier molecular flexibility index (Phi) is 5.14. The summed E-state index contributed by atoms with van der Waals surface area (Å²) in [5.41, 5.74) is 1.84. The van der Waals surface area contributed by atoms with Crippen LogP contribution in [0.2, 0.25) is 0 Å². The van der Waals surface area contributed by atoms with Gasteiger partial charge in [0.15, 0.2) is 5.82 Å². The molecule has 0 unspecified atom stereocenters. The van der Waals surface area contributed by atoms with Crippen LogP contribution < -0.4 is 9.64 Å². The van der Waals surface area contributed by atoms with E-state index in [1.54, 1.807) is 0 Å². The van der Waals surface area contributed by atoms with Crippen molar-refractivity contribution in [3.63, 3.8) is 0 Å². The zero-order valence-electron chi connectivity index (χ0n) is 15.2. The Balaban J connectivity index is 2.05. The van der Waals surface area contributed by atoms with Gasteiger partial charge in [-0.05, 0) is 38.4 Å². The van der Waals surface area contributed by atoms with Crippen LogP contribution in [0.4, 0.5) is 5.82 Å². The van der Waals surface area contributed by atoms with Gasteiger partial charge in [-0.25, -0.2) is 9.97 Å². The topological polar surface area (TPSA) is 41.5 Å². The Morgan fingerprint density at radius 3 is 2.36 bits per heavy atom. The van der Waals surface area contributed by atoms with Crippen molar-refractivity contribution in [2.75, 3.05) is 46.2 Å². The lowest BCUT2D eigenvalue weighted by molar-refractivity contribution is 0.262. The maximum atomic E-state index is 5.98. The van der Waals surface area contributed by atoms with E-state index in [2.05, 4.69) is 4.90 Å². The second kappa shape index (κ2) is 7.49. The van der Waals surface area contributed by atoms with Crippen molar-refractivity contribution in [2.24, 2.45) is 0 Å². The maximum absolute atomic E-state index is 5.98. The zero-order chi connectivity index (χ0) is 17.8. The van der Waals surface area contributed by atoms with Gasteiger partial charge >= 0.3 is 0 Å². The summed E-state index contributed by atoms with van der Waals surface area (Å²) in [7, 11) is 8.06. The van der Waals surface area contributed by atoms with Gasteiger partial charge in [0.1, 0.15) is 18.2 Å². The Morgan fingerprint density at radius 2 is 1.60 bits per heavy atom. The minimum atomic E-state index is 0.623. The molecule has 0 bridgehead atoms. The molecule has 1 aromatic heterocycles. The first-order valence-corrected chi connectivity index (χ1v) is 8.37. The summed E-state index contributed by atoms with van der Waals surface area (Å²) in [4.78, 5) is 13.7. The molecular weight excluding hydrogens is 312 g/mol. The minimum Gasteiger partial charge on any atom is -0.491 e. The highest BCUT2D eigenvalue weighted by Gasteiger charge is 2.14. The molecule has 0 saturated carbocycles. The Hall–Kier alpha value is -2.66. The molecule has 5 heteroatoms. The molecule has 130 valence electrons. The van der Waals surface area contributed by atoms with Gasteiger partial charge in [-0.1, -0.05) is 24.3 Å². The van der Waals surface area contributed by atoms with E-state index in [1.807, 2.05) is 81.6 Å². The number of rotatable bonds is 6. The van der Waals surface area contributed by atoms with Crippen molar-refractivity contribution < 1.29 is 4.74 Å². The highest BCUT2D eigenvalue weighted by Crippen LogP contribution is 2.31. The molecule has 0 aliphatic carbocycles. The first-order chi connectivity index (χ1) is 12.1. The molecular formula is C20H24N4O. The summed E-state index contributed by atoms with van der Waals surface area (Å²) in [6, 6.07) is 16.0. The summed E-state index contributed by atoms with van der Waals surface area (Å²) in [6.45, 7) is 1.48. The number of benzene rings is 2. The van der Waals surface area contributed by atoms with Gasteiger partial charge in [-0.3, -0.25) is 0 Å². The van der Waals surface area contributed by atoms with E-state index in [4.69, 9.17) is 14.7 Å². The monoisotopic (exact) mass is 336 g/mol. The van der Waals surface area contributed by atoms with Crippen LogP contribution in [0.25, 0.3) is 22.3 Å². The lowest BCUT2D eigenvalue weighted by Gasteiger charge is -2.17. The molecule has 0 aliphatic rings. The van der Waals surface area contributed by atoms with Gasteiger partial charge in [0.05, 0.1) is 11.1 Å². The molecule has 0 aliphatic heterocycles. The Labute approximate surface area is 148 Å². The summed E-state index contributed by atoms with van der Waals surface area (Å²) in [5.74, 6) is 2.40. The van der Waals surface area contributed by atoms with Crippen LogP contribution >= 0.6 is 0 Å². The number of anilines is 1. The van der Waals surface area contributed by atoms with Crippen molar-refractivity contribution in [2.45, 2.75) is 0 Å². The smallest absolute Gasteiger partial charge is 0.165 e. The van der Waals surface area contributed by atoms with Crippen LogP contribution in [-0.2, 0) is 0 Å². The van der Waals surface area contributed by atoms with Crippen LogP contribution in [0.15, 0.2) is 48.5 Å². The minimum absolute atomic E-state index is 0.623. The second-order valence-corrected chi connectivity index (χ2v) is 6.43. The quantitative estimate of drug-likeness (QED) is 0.691. The standard InChI is InChI=1S/C20H24N4O/c1-23(2)13-14-25-18-12-8-6-10-16(18)19-21-17-11-7-5-9-15(17)20(22-19)24(3)4/h5-12H,13-14H2,1-4H3. The number of hydrogen-bond acceptors (Lipinski definition) is 5. The Morgan fingerprint density at radius 1 is 0.880 bits per heavy atom. The number of para-hydroxylation sites is 2. The van der Waals surface area contributed by atoms with Crippen molar-refractivity contribution in [1.29, 1.82) is 0 Å². The lowest BCUT2D eigenvalue weighted by atomic mass is 10.1. The SMILES string of the molecule is CN(C)CCOc1ccccc1-c1nc(N(C)C)c2ccccc2n1. The van der Waals surface area contributed by atoms with Crippen LogP contribution in [0.5, 0.6) is 5.75 Å². The molecule has 0 spiro atoms. The number of likely N-dealkylation sites (N-methyl/N-ethyl adjacent to an activating group) is 1. The van der Waals surface area contributed by atoms with Gasteiger partial charge < -0.3 is 14.5 Å². The number of nitrogens with zero attached hydrogens (tertiary/aromatic N) is 4. The molecule has 25 heavy (non-hydrogen) atoms. The van der Waals surface area contributed by atoms with Crippen molar-refractivity contribution in [3.05, 3.63) is 48.5 Å². The van der Waals surface area contributed by atoms with Gasteiger partial charge in [0, 0.05) is 26.0 Å². The summed E-state index contributed by atoms with van der Waals surface area (Å²) < 4.78 is 5.98. The molecule has 0 fully saturated rings. The van der Waals surface area contributed by atoms with Gasteiger partial charge in [-0.2, -0.15) is 0 Å². The number of aromatic nitrogens is 2. The summed E-state index contributed by atoms with van der Waals surface area (Å²) in [5, 5.41) is 1.04. The van der Waals surface area contributed by atoms with Gasteiger partial charge in [0.2, 0.25) is 0 Å². The van der Waals surface area contributed by atoms with Gasteiger partial charge in [-0.15, -0.1) is 0 Å². The number of hydrogen-bond donors (Lipinski definition) is 0. The van der Waals surface area contributed by atoms with E-state index in [1.165, 1.54) is 0 Å². The number of ether oxygens (including phenoxy) is 1. The first-order valence-electron chi connectivity index (χ1n) is 8.37. The maximum Gasteiger partial charge on any atom is 0.165 e. The van der Waals surface area contributed by atoms with Crippen molar-refractivity contribution in [1.82, 2.24) is 14.9 Å². The van der Waals surface area contributed by atoms with E-state index in [9.17, 15) is 0 Å². The fraction of sp³-hybridized carbons (Fsp3) is 0.300. The highest BCUT2D eigenvalue weighted by atomic mass is 16.5. The molecule has 0 atom stereocenters. The fourth-order valence-corrected chi connectivity index (χ4v) is 2.64. The molecule has 3 rings (SSSR count). The zero-order valence-corrected chi connectivity index (χ0v) is 15.2. The van der Waals surface area contributed by atoms with E-state index in [0.29, 0.717) is 12.4 Å². The van der Waals surface area contributed by atoms with Crippen LogP contribution in [0, 0.1) is 0 Å². The molecule has 0 N–H and O–H groups in total. The van der Waals surface area contributed by atoms with E-state index in [-0.39, 0.29) is 0 Å². The Bertz CT molecular complexity index is 861. The van der Waals surface area contributed by atoms with E-state index in [0.717, 1.165) is 34.6 Å². The number of fused-ring (bicyclic) bond motifs is 1. The third kappa shape index (κ3) is 3.88. The van der Waals surface area contributed by atoms with Crippen LogP contribution in [0.3, 0.4) is 0 Å². The second-order valence-electron chi connectivity index (χ2n) is 6.43. The molecule has 2 aromatic carbocycles. The largest absolute Gasteiger partial charge is 0.491 e. The third-order valence-electron chi connectivity index (χ3n) is 3.93. The normalized spacial score (nSPS) is 11.1. The lowest BCUT2D eigenvalue weighted by Crippen LogP contribution is -2.19. The van der Waals surface area contributed by atoms with Crippen LogP contribution in [0.1, 0.15) is 0 Å². The van der Waals surface area contributed by atoms with Crippen LogP contribution in [-0.4, -0.2) is 56.2 Å². The first kappa shape index (κ1) is 17.2. The average Bonchev–Trinajstić information content (AvgIpc) is 2.60. The van der Waals surface area contributed by atoms with Crippen molar-refractivity contribution in [3.8, 4) is 17.1 Å². The molecule has 1 heterocycles. The highest BCUT2D eigenvalue weighted by molar-refractivity contribution is 5.91. The average molecular weight is 336 g/mol. The summed E-state index contributed by atoms with van der Waals surface area (Å²) in [6.07, 6.45) is 0. The molecule has 0 radical (unpaired) electrons. The van der Waals surface area contributed by atoms with Gasteiger partial charge in [0.25, 0.3) is 0 Å². The fourth-order valence-electron chi connectivity index (χ4n) is 2.64. The van der Waals surface area contributed by atoms with E-state index < -0.39 is 0 Å². The molecule has 3 aromatic rings. The molecule has 0 saturated heterocycles. The summed E-state index contributed by atoms with van der Waals surface area (Å²) >= 11 is 0. The predicted molar refractivity (Wildman–Crippen MR) is 103 cm³/mol. The molecule has 5 nitrogen and oxygen atoms in total. The molecule has 0 amide bonds. The predicted octanol–water partition coefficient (Wildman–Crippen LogP) is 3.30. The van der Waals surface area contributed by atoms with E-state index >= 15 is 0 Å². The van der Waals surface area contributed by atoms with Crippen molar-refractivity contribution >= 4 is 16.7 Å².